The van der Waals surface area contributed by atoms with Crippen LogP contribution < -0.4 is 10.1 Å². The number of aromatic nitrogens is 7. The maximum absolute atomic E-state index is 13.4. The van der Waals surface area contributed by atoms with E-state index in [2.05, 4.69) is 47.7 Å². The molecular formula is C26H28N10O3. The zero-order chi connectivity index (χ0) is 26.9. The van der Waals surface area contributed by atoms with Crippen molar-refractivity contribution >= 4 is 17.6 Å². The predicted octanol–water partition coefficient (Wildman–Crippen LogP) is 1.44. The monoisotopic (exact) mass is 528 g/mol. The number of amides is 2. The lowest BCUT2D eigenvalue weighted by atomic mass is 10.0. The number of aryl methyl sites for hydroxylation is 1. The highest BCUT2D eigenvalue weighted by molar-refractivity contribution is 5.92. The number of hydrogen-bond donors (Lipinski definition) is 1. The number of fused-ring (bicyclic) bond motifs is 1. The Morgan fingerprint density at radius 3 is 2.59 bits per heavy atom. The molecule has 1 N–H and O–H groups in total. The summed E-state index contributed by atoms with van der Waals surface area (Å²) in [6, 6.07) is 14.0. The molecule has 1 aromatic carbocycles. The van der Waals surface area contributed by atoms with Crippen LogP contribution in [0, 0.1) is 0 Å². The number of anilines is 1. The number of piperazine rings is 1. The van der Waals surface area contributed by atoms with Crippen molar-refractivity contribution in [3.05, 3.63) is 77.5 Å². The van der Waals surface area contributed by atoms with E-state index in [-0.39, 0.29) is 24.0 Å². The number of imidazole rings is 1. The Kier molecular flexibility index (Phi) is 6.49. The van der Waals surface area contributed by atoms with Gasteiger partial charge < -0.3 is 15.0 Å². The summed E-state index contributed by atoms with van der Waals surface area (Å²) in [4.78, 5) is 38.9. The van der Waals surface area contributed by atoms with Gasteiger partial charge >= 0.3 is 0 Å². The van der Waals surface area contributed by atoms with Crippen LogP contribution in [0.25, 0.3) is 0 Å². The topological polar surface area (TPSA) is 136 Å². The number of carbonyl (C=O) groups excluding carboxylic acids is 2. The van der Waals surface area contributed by atoms with Gasteiger partial charge in [0.05, 0.1) is 25.8 Å². The molecule has 5 heterocycles. The number of hydrogen-bond acceptors (Lipinski definition) is 9. The molecule has 2 amide bonds. The summed E-state index contributed by atoms with van der Waals surface area (Å²) in [5.41, 5.74) is 2.31. The molecule has 4 aromatic rings. The Morgan fingerprint density at radius 1 is 1.10 bits per heavy atom. The van der Waals surface area contributed by atoms with Crippen LogP contribution >= 0.6 is 0 Å². The summed E-state index contributed by atoms with van der Waals surface area (Å²) in [5, 5.41) is 15.4. The summed E-state index contributed by atoms with van der Waals surface area (Å²) < 4.78 is 7.82. The molecule has 0 spiro atoms. The fraction of sp³-hybridized carbons (Fsp3) is 0.346. The lowest BCUT2D eigenvalue weighted by molar-refractivity contribution is -0.114. The van der Waals surface area contributed by atoms with Crippen molar-refractivity contribution in [1.29, 1.82) is 0 Å². The summed E-state index contributed by atoms with van der Waals surface area (Å²) in [6.45, 7) is 4.38. The van der Waals surface area contributed by atoms with E-state index in [0.717, 1.165) is 11.1 Å². The number of benzene rings is 1. The summed E-state index contributed by atoms with van der Waals surface area (Å²) in [7, 11) is 1.75. The van der Waals surface area contributed by atoms with E-state index in [9.17, 15) is 9.59 Å². The number of ether oxygens (including phenoxy) is 1. The van der Waals surface area contributed by atoms with Gasteiger partial charge in [-0.2, -0.15) is 9.78 Å². The van der Waals surface area contributed by atoms with Crippen molar-refractivity contribution in [2.75, 3.05) is 31.5 Å². The Hall–Kier alpha value is -4.65. The second kappa shape index (κ2) is 10.3. The van der Waals surface area contributed by atoms with Gasteiger partial charge in [-0.25, -0.2) is 0 Å². The van der Waals surface area contributed by atoms with Gasteiger partial charge in [0.2, 0.25) is 5.91 Å². The highest BCUT2D eigenvalue weighted by atomic mass is 16.5. The maximum atomic E-state index is 13.4. The third-order valence-corrected chi connectivity index (χ3v) is 6.88. The van der Waals surface area contributed by atoms with Gasteiger partial charge in [0.1, 0.15) is 11.8 Å². The fourth-order valence-corrected chi connectivity index (χ4v) is 5.06. The quantitative estimate of drug-likeness (QED) is 0.394. The van der Waals surface area contributed by atoms with Gasteiger partial charge in [-0.3, -0.25) is 24.0 Å². The van der Waals surface area contributed by atoms with Crippen molar-refractivity contribution in [1.82, 2.24) is 44.5 Å². The Bertz CT molecular complexity index is 1470. The molecule has 2 unspecified atom stereocenters. The van der Waals surface area contributed by atoms with E-state index in [1.54, 1.807) is 25.5 Å². The van der Waals surface area contributed by atoms with Crippen molar-refractivity contribution in [3.63, 3.8) is 0 Å². The number of tetrazole rings is 1. The molecule has 2 atom stereocenters. The average molecular weight is 529 g/mol. The maximum Gasteiger partial charge on any atom is 0.299 e. The predicted molar refractivity (Wildman–Crippen MR) is 139 cm³/mol. The zero-order valence-electron chi connectivity index (χ0n) is 21.6. The first-order chi connectivity index (χ1) is 18.9. The molecular weight excluding hydrogens is 500 g/mol. The molecule has 3 aromatic heterocycles. The Labute approximate surface area is 224 Å². The van der Waals surface area contributed by atoms with Crippen molar-refractivity contribution in [2.24, 2.45) is 7.05 Å². The molecule has 13 nitrogen and oxygen atoms in total. The average Bonchev–Trinajstić information content (AvgIpc) is 3.64. The smallest absolute Gasteiger partial charge is 0.299 e. The van der Waals surface area contributed by atoms with Crippen molar-refractivity contribution < 1.29 is 14.3 Å². The van der Waals surface area contributed by atoms with Crippen LogP contribution in [0.1, 0.15) is 46.5 Å². The van der Waals surface area contributed by atoms with E-state index in [4.69, 9.17) is 4.74 Å². The lowest BCUT2D eigenvalue weighted by Crippen LogP contribution is -2.50. The highest BCUT2D eigenvalue weighted by Crippen LogP contribution is 2.32. The van der Waals surface area contributed by atoms with Crippen LogP contribution in [0.15, 0.2) is 54.9 Å². The molecule has 1 saturated heterocycles. The number of nitrogens with one attached hydrogen (secondary N) is 1. The van der Waals surface area contributed by atoms with Crippen molar-refractivity contribution in [2.45, 2.75) is 25.6 Å². The molecule has 0 saturated carbocycles. The van der Waals surface area contributed by atoms with Gasteiger partial charge in [0.25, 0.3) is 11.9 Å². The third-order valence-electron chi connectivity index (χ3n) is 6.88. The first kappa shape index (κ1) is 24.7. The van der Waals surface area contributed by atoms with Crippen LogP contribution in [0.3, 0.4) is 0 Å². The number of pyridine rings is 1. The molecule has 0 bridgehead atoms. The van der Waals surface area contributed by atoms with Crippen LogP contribution in [0.2, 0.25) is 0 Å². The largest absolute Gasteiger partial charge is 0.454 e. The highest BCUT2D eigenvalue weighted by Gasteiger charge is 2.32. The third kappa shape index (κ3) is 5.08. The van der Waals surface area contributed by atoms with Crippen LogP contribution in [-0.2, 0) is 18.4 Å². The SMILES string of the molecule is CC(=O)Nc1cn2c(n1)OC(c1ccnc(C(=O)N3CCN(C(c4ccccc4)c4nnn(C)n4)CC3)c1)C2. The molecule has 39 heavy (non-hydrogen) atoms. The van der Waals surface area contributed by atoms with Gasteiger partial charge in [-0.1, -0.05) is 30.3 Å². The number of nitrogens with zero attached hydrogens (tertiary/aromatic N) is 9. The minimum atomic E-state index is -0.295. The molecule has 2 aliphatic rings. The van der Waals surface area contributed by atoms with Crippen LogP contribution in [0.5, 0.6) is 6.01 Å². The minimum absolute atomic E-state index is 0.117. The van der Waals surface area contributed by atoms with Crippen LogP contribution in [0.4, 0.5) is 5.82 Å². The molecule has 0 aliphatic carbocycles. The molecule has 200 valence electrons. The first-order valence-electron chi connectivity index (χ1n) is 12.7. The summed E-state index contributed by atoms with van der Waals surface area (Å²) >= 11 is 0. The standard InChI is InChI=1S/C26H28N10O3/c1-17(37)28-22-16-36-15-21(39-26(36)29-22)19-8-9-27-20(14-19)25(38)35-12-10-34(11-13-35)23(18-6-4-3-5-7-18)24-30-32-33(2)31-24/h3-9,14,16,21,23H,10-13,15H2,1-2H3,(H,28,37). The van der Waals surface area contributed by atoms with E-state index in [1.165, 1.54) is 11.7 Å². The van der Waals surface area contributed by atoms with E-state index in [0.29, 0.717) is 56.1 Å². The minimum Gasteiger partial charge on any atom is -0.454 e. The summed E-state index contributed by atoms with van der Waals surface area (Å²) in [5.74, 6) is 0.778. The van der Waals surface area contributed by atoms with Crippen LogP contribution in [-0.4, -0.2) is 82.5 Å². The van der Waals surface area contributed by atoms with Gasteiger partial charge in [-0.05, 0) is 28.5 Å². The van der Waals surface area contributed by atoms with E-state index < -0.39 is 0 Å². The first-order valence-corrected chi connectivity index (χ1v) is 12.7. The second-order valence-corrected chi connectivity index (χ2v) is 9.60. The molecule has 13 heteroatoms. The fourth-order valence-electron chi connectivity index (χ4n) is 5.06. The second-order valence-electron chi connectivity index (χ2n) is 9.60. The molecule has 1 fully saturated rings. The van der Waals surface area contributed by atoms with Gasteiger partial charge in [0, 0.05) is 39.3 Å². The molecule has 2 aliphatic heterocycles. The van der Waals surface area contributed by atoms with Gasteiger partial charge in [-0.15, -0.1) is 10.2 Å². The molecule has 0 radical (unpaired) electrons. The number of rotatable bonds is 6. The number of carbonyl (C=O) groups is 2. The van der Waals surface area contributed by atoms with E-state index in [1.807, 2.05) is 33.7 Å². The molecule has 6 rings (SSSR count). The lowest BCUT2D eigenvalue weighted by Gasteiger charge is -2.38. The summed E-state index contributed by atoms with van der Waals surface area (Å²) in [6.07, 6.45) is 3.08. The van der Waals surface area contributed by atoms with E-state index >= 15 is 0 Å². The Morgan fingerprint density at radius 2 is 1.90 bits per heavy atom. The van der Waals surface area contributed by atoms with Crippen molar-refractivity contribution in [3.8, 4) is 6.01 Å². The normalized spacial score (nSPS) is 17.9. The zero-order valence-corrected chi connectivity index (χ0v) is 21.6. The van der Waals surface area contributed by atoms with Gasteiger partial charge in [0.15, 0.2) is 11.6 Å². The Balaban J connectivity index is 1.12.